The van der Waals surface area contributed by atoms with Crippen molar-refractivity contribution in [3.63, 3.8) is 0 Å². The lowest BCUT2D eigenvalue weighted by Gasteiger charge is -2.27. The topological polar surface area (TPSA) is 30.5 Å². The highest BCUT2D eigenvalue weighted by molar-refractivity contribution is 5.47. The zero-order chi connectivity index (χ0) is 10.5. The molecule has 0 atom stereocenters. The normalized spacial score (nSPS) is 15.8. The Morgan fingerprint density at radius 1 is 1.33 bits per heavy atom. The van der Waals surface area contributed by atoms with Crippen LogP contribution in [0.4, 0.5) is 5.69 Å². The molecule has 0 amide bonds. The van der Waals surface area contributed by atoms with E-state index in [1.807, 2.05) is 24.3 Å². The number of ether oxygens (including phenoxy) is 2. The SMILES string of the molecule is CCCOc1ccc(NC2COC2)cc1. The van der Waals surface area contributed by atoms with E-state index in [1.54, 1.807) is 0 Å². The van der Waals surface area contributed by atoms with Gasteiger partial charge in [-0.1, -0.05) is 6.92 Å². The summed E-state index contributed by atoms with van der Waals surface area (Å²) in [5, 5.41) is 3.38. The number of rotatable bonds is 5. The highest BCUT2D eigenvalue weighted by atomic mass is 16.5. The third-order valence-corrected chi connectivity index (χ3v) is 2.34. The van der Waals surface area contributed by atoms with Crippen LogP contribution >= 0.6 is 0 Å². The van der Waals surface area contributed by atoms with Crippen LogP contribution in [0.15, 0.2) is 24.3 Å². The Morgan fingerprint density at radius 3 is 2.60 bits per heavy atom. The Balaban J connectivity index is 1.85. The fourth-order valence-corrected chi connectivity index (χ4v) is 1.42. The van der Waals surface area contributed by atoms with E-state index in [0.29, 0.717) is 6.04 Å². The molecule has 3 nitrogen and oxygen atoms in total. The predicted octanol–water partition coefficient (Wildman–Crippen LogP) is 2.29. The van der Waals surface area contributed by atoms with Crippen molar-refractivity contribution in [3.05, 3.63) is 24.3 Å². The van der Waals surface area contributed by atoms with Gasteiger partial charge >= 0.3 is 0 Å². The van der Waals surface area contributed by atoms with E-state index in [-0.39, 0.29) is 0 Å². The third kappa shape index (κ3) is 2.86. The fraction of sp³-hybridized carbons (Fsp3) is 0.500. The zero-order valence-electron chi connectivity index (χ0n) is 9.03. The highest BCUT2D eigenvalue weighted by Crippen LogP contribution is 2.18. The Kier molecular flexibility index (Phi) is 3.45. The van der Waals surface area contributed by atoms with Gasteiger partial charge in [0.1, 0.15) is 5.75 Å². The molecule has 0 saturated carbocycles. The minimum atomic E-state index is 0.479. The molecule has 0 aromatic heterocycles. The van der Waals surface area contributed by atoms with E-state index >= 15 is 0 Å². The first-order valence-corrected chi connectivity index (χ1v) is 5.45. The summed E-state index contributed by atoms with van der Waals surface area (Å²) in [4.78, 5) is 0. The lowest BCUT2D eigenvalue weighted by molar-refractivity contribution is 0.0211. The fourth-order valence-electron chi connectivity index (χ4n) is 1.42. The van der Waals surface area contributed by atoms with Gasteiger partial charge < -0.3 is 14.8 Å². The van der Waals surface area contributed by atoms with Gasteiger partial charge in [0.15, 0.2) is 0 Å². The van der Waals surface area contributed by atoms with E-state index in [0.717, 1.165) is 37.7 Å². The molecule has 0 aliphatic carbocycles. The number of benzene rings is 1. The maximum Gasteiger partial charge on any atom is 0.119 e. The second-order valence-corrected chi connectivity index (χ2v) is 3.75. The van der Waals surface area contributed by atoms with Crippen LogP contribution in [0.25, 0.3) is 0 Å². The van der Waals surface area contributed by atoms with Gasteiger partial charge in [0.2, 0.25) is 0 Å². The van der Waals surface area contributed by atoms with Crippen molar-refractivity contribution >= 4 is 5.69 Å². The van der Waals surface area contributed by atoms with Crippen molar-refractivity contribution in [2.24, 2.45) is 0 Å². The number of hydrogen-bond donors (Lipinski definition) is 1. The van der Waals surface area contributed by atoms with Crippen molar-refractivity contribution < 1.29 is 9.47 Å². The predicted molar refractivity (Wildman–Crippen MR) is 60.5 cm³/mol. The molecule has 0 spiro atoms. The molecule has 1 aliphatic heterocycles. The highest BCUT2D eigenvalue weighted by Gasteiger charge is 2.17. The van der Waals surface area contributed by atoms with Gasteiger partial charge in [-0.25, -0.2) is 0 Å². The monoisotopic (exact) mass is 207 g/mol. The lowest BCUT2D eigenvalue weighted by atomic mass is 10.2. The average Bonchev–Trinajstić information content (AvgIpc) is 2.22. The Bertz CT molecular complexity index is 293. The first-order valence-electron chi connectivity index (χ1n) is 5.45. The molecule has 1 fully saturated rings. The average molecular weight is 207 g/mol. The molecule has 0 unspecified atom stereocenters. The first kappa shape index (κ1) is 10.3. The molecule has 3 heteroatoms. The van der Waals surface area contributed by atoms with E-state index < -0.39 is 0 Å². The van der Waals surface area contributed by atoms with Gasteiger partial charge in [0, 0.05) is 5.69 Å². The molecule has 15 heavy (non-hydrogen) atoms. The van der Waals surface area contributed by atoms with Crippen LogP contribution in [0.5, 0.6) is 5.75 Å². The minimum absolute atomic E-state index is 0.479. The summed E-state index contributed by atoms with van der Waals surface area (Å²) in [5.74, 6) is 0.937. The molecular formula is C12H17NO2. The van der Waals surface area contributed by atoms with Crippen LogP contribution in [-0.2, 0) is 4.74 Å². The zero-order valence-corrected chi connectivity index (χ0v) is 9.03. The van der Waals surface area contributed by atoms with Crippen LogP contribution in [0.3, 0.4) is 0 Å². The summed E-state index contributed by atoms with van der Waals surface area (Å²) in [7, 11) is 0. The van der Waals surface area contributed by atoms with Gasteiger partial charge in [0.25, 0.3) is 0 Å². The van der Waals surface area contributed by atoms with Gasteiger partial charge in [-0.15, -0.1) is 0 Å². The van der Waals surface area contributed by atoms with Crippen LogP contribution < -0.4 is 10.1 Å². The van der Waals surface area contributed by atoms with Gasteiger partial charge in [0.05, 0.1) is 25.9 Å². The van der Waals surface area contributed by atoms with Gasteiger partial charge in [-0.3, -0.25) is 0 Å². The van der Waals surface area contributed by atoms with Crippen LogP contribution in [0.1, 0.15) is 13.3 Å². The van der Waals surface area contributed by atoms with Crippen LogP contribution in [0, 0.1) is 0 Å². The molecule has 2 rings (SSSR count). The van der Waals surface area contributed by atoms with E-state index in [9.17, 15) is 0 Å². The second-order valence-electron chi connectivity index (χ2n) is 3.75. The molecule has 0 radical (unpaired) electrons. The molecule has 1 N–H and O–H groups in total. The first-order chi connectivity index (χ1) is 7.38. The summed E-state index contributed by atoms with van der Waals surface area (Å²) in [6.45, 7) is 4.51. The molecule has 1 aromatic carbocycles. The summed E-state index contributed by atoms with van der Waals surface area (Å²) in [6.07, 6.45) is 1.04. The number of anilines is 1. The molecule has 0 bridgehead atoms. The standard InChI is InChI=1S/C12H17NO2/c1-2-7-15-12-5-3-10(4-6-12)13-11-8-14-9-11/h3-6,11,13H,2,7-9H2,1H3. The maximum absolute atomic E-state index is 5.50. The maximum atomic E-state index is 5.50. The van der Waals surface area contributed by atoms with Crippen molar-refractivity contribution in [3.8, 4) is 5.75 Å². The molecule has 1 saturated heterocycles. The molecule has 1 heterocycles. The number of hydrogen-bond acceptors (Lipinski definition) is 3. The largest absolute Gasteiger partial charge is 0.494 e. The van der Waals surface area contributed by atoms with Crippen molar-refractivity contribution in [1.29, 1.82) is 0 Å². The lowest BCUT2D eigenvalue weighted by Crippen LogP contribution is -2.40. The van der Waals surface area contributed by atoms with Crippen LogP contribution in [0.2, 0.25) is 0 Å². The number of nitrogens with one attached hydrogen (secondary N) is 1. The summed E-state index contributed by atoms with van der Waals surface area (Å²) < 4.78 is 10.6. The summed E-state index contributed by atoms with van der Waals surface area (Å²) in [5.41, 5.74) is 1.13. The van der Waals surface area contributed by atoms with E-state index in [2.05, 4.69) is 12.2 Å². The van der Waals surface area contributed by atoms with Gasteiger partial charge in [-0.2, -0.15) is 0 Å². The molecular weight excluding hydrogens is 190 g/mol. The van der Waals surface area contributed by atoms with Crippen LogP contribution in [-0.4, -0.2) is 25.9 Å². The summed E-state index contributed by atoms with van der Waals surface area (Å²) in [6, 6.07) is 8.56. The Labute approximate surface area is 90.4 Å². The van der Waals surface area contributed by atoms with Crippen molar-refractivity contribution in [1.82, 2.24) is 0 Å². The smallest absolute Gasteiger partial charge is 0.119 e. The third-order valence-electron chi connectivity index (χ3n) is 2.34. The minimum Gasteiger partial charge on any atom is -0.494 e. The van der Waals surface area contributed by atoms with Crippen molar-refractivity contribution in [2.45, 2.75) is 19.4 Å². The van der Waals surface area contributed by atoms with E-state index in [4.69, 9.17) is 9.47 Å². The molecule has 1 aliphatic rings. The van der Waals surface area contributed by atoms with E-state index in [1.165, 1.54) is 0 Å². The Morgan fingerprint density at radius 2 is 2.07 bits per heavy atom. The van der Waals surface area contributed by atoms with Crippen molar-refractivity contribution in [2.75, 3.05) is 25.1 Å². The quantitative estimate of drug-likeness (QED) is 0.803. The second kappa shape index (κ2) is 5.03. The Hall–Kier alpha value is -1.22. The van der Waals surface area contributed by atoms with Gasteiger partial charge in [-0.05, 0) is 30.7 Å². The summed E-state index contributed by atoms with van der Waals surface area (Å²) >= 11 is 0. The molecule has 1 aromatic rings. The molecule has 82 valence electrons.